The van der Waals surface area contributed by atoms with Gasteiger partial charge in [0.25, 0.3) is 0 Å². The Labute approximate surface area is 165 Å². The summed E-state index contributed by atoms with van der Waals surface area (Å²) in [5.74, 6) is -0.285. The molecule has 0 saturated heterocycles. The van der Waals surface area contributed by atoms with Crippen LogP contribution in [0.15, 0.2) is 47.4 Å². The number of nitrogens with zero attached hydrogens (tertiary/aromatic N) is 1. The topological polar surface area (TPSA) is 78.5 Å². The molecule has 0 aliphatic rings. The molecule has 0 aliphatic carbocycles. The molecule has 2 aromatic rings. The van der Waals surface area contributed by atoms with Crippen LogP contribution in [0, 0.1) is 6.92 Å². The van der Waals surface area contributed by atoms with Gasteiger partial charge in [0.15, 0.2) is 0 Å². The molecule has 2 aromatic carbocycles. The molecule has 0 radical (unpaired) electrons. The summed E-state index contributed by atoms with van der Waals surface area (Å²) >= 11 is 5.97. The standard InChI is InChI=1S/C19H24ClN3O3S/c1-4-23(5-2)27(25,26)17-8-6-7-16(12-17)22-19(24)13-21-18-11-15(20)10-9-14(18)3/h6-12,21H,4-5,13H2,1-3H3,(H,22,24). The summed E-state index contributed by atoms with van der Waals surface area (Å²) in [6.07, 6.45) is 0. The number of sulfonamides is 1. The summed E-state index contributed by atoms with van der Waals surface area (Å²) in [5, 5.41) is 6.33. The monoisotopic (exact) mass is 409 g/mol. The number of rotatable bonds is 8. The predicted octanol–water partition coefficient (Wildman–Crippen LogP) is 3.73. The highest BCUT2D eigenvalue weighted by Crippen LogP contribution is 2.21. The maximum Gasteiger partial charge on any atom is 0.243 e. The van der Waals surface area contributed by atoms with Crippen LogP contribution in [0.5, 0.6) is 0 Å². The van der Waals surface area contributed by atoms with E-state index in [2.05, 4.69) is 10.6 Å². The van der Waals surface area contributed by atoms with E-state index < -0.39 is 10.0 Å². The maximum atomic E-state index is 12.6. The van der Waals surface area contributed by atoms with Crippen molar-refractivity contribution in [3.63, 3.8) is 0 Å². The molecule has 0 saturated carbocycles. The number of carbonyl (C=O) groups is 1. The molecule has 0 bridgehead atoms. The van der Waals surface area contributed by atoms with Gasteiger partial charge in [0, 0.05) is 29.5 Å². The average molecular weight is 410 g/mol. The van der Waals surface area contributed by atoms with Gasteiger partial charge in [-0.05, 0) is 42.8 Å². The van der Waals surface area contributed by atoms with Gasteiger partial charge in [0.05, 0.1) is 11.4 Å². The smallest absolute Gasteiger partial charge is 0.243 e. The SMILES string of the molecule is CCN(CC)S(=O)(=O)c1cccc(NC(=O)CNc2cc(Cl)ccc2C)c1. The van der Waals surface area contributed by atoms with E-state index in [1.165, 1.54) is 16.4 Å². The molecular weight excluding hydrogens is 386 g/mol. The highest BCUT2D eigenvalue weighted by Gasteiger charge is 2.21. The van der Waals surface area contributed by atoms with Gasteiger partial charge in [-0.2, -0.15) is 4.31 Å². The second-order valence-corrected chi connectivity index (χ2v) is 8.35. The molecule has 0 spiro atoms. The molecule has 0 heterocycles. The van der Waals surface area contributed by atoms with Crippen LogP contribution in [-0.2, 0) is 14.8 Å². The minimum atomic E-state index is -3.57. The molecule has 0 aromatic heterocycles. The molecule has 0 unspecified atom stereocenters. The van der Waals surface area contributed by atoms with Gasteiger partial charge in [0.2, 0.25) is 15.9 Å². The van der Waals surface area contributed by atoms with Crippen molar-refractivity contribution in [1.29, 1.82) is 0 Å². The number of aryl methyl sites for hydroxylation is 1. The van der Waals surface area contributed by atoms with Crippen LogP contribution in [0.3, 0.4) is 0 Å². The van der Waals surface area contributed by atoms with Crippen molar-refractivity contribution in [1.82, 2.24) is 4.31 Å². The van der Waals surface area contributed by atoms with Crippen molar-refractivity contribution in [3.8, 4) is 0 Å². The van der Waals surface area contributed by atoms with Crippen molar-refractivity contribution in [2.45, 2.75) is 25.7 Å². The lowest BCUT2D eigenvalue weighted by Crippen LogP contribution is -2.30. The summed E-state index contributed by atoms with van der Waals surface area (Å²) < 4.78 is 26.6. The maximum absolute atomic E-state index is 12.6. The normalized spacial score (nSPS) is 11.4. The van der Waals surface area contributed by atoms with E-state index in [9.17, 15) is 13.2 Å². The van der Waals surface area contributed by atoms with E-state index in [-0.39, 0.29) is 17.3 Å². The minimum absolute atomic E-state index is 0.0359. The summed E-state index contributed by atoms with van der Waals surface area (Å²) in [6, 6.07) is 11.7. The summed E-state index contributed by atoms with van der Waals surface area (Å²) in [4.78, 5) is 12.4. The van der Waals surface area contributed by atoms with E-state index >= 15 is 0 Å². The summed E-state index contributed by atoms with van der Waals surface area (Å²) in [7, 11) is -3.57. The van der Waals surface area contributed by atoms with Crippen LogP contribution in [0.1, 0.15) is 19.4 Å². The zero-order valence-corrected chi connectivity index (χ0v) is 17.2. The fourth-order valence-corrected chi connectivity index (χ4v) is 4.29. The predicted molar refractivity (Wildman–Crippen MR) is 110 cm³/mol. The Morgan fingerprint density at radius 1 is 1.11 bits per heavy atom. The minimum Gasteiger partial charge on any atom is -0.376 e. The highest BCUT2D eigenvalue weighted by molar-refractivity contribution is 7.89. The zero-order chi connectivity index (χ0) is 20.0. The molecule has 6 nitrogen and oxygen atoms in total. The number of hydrogen-bond acceptors (Lipinski definition) is 4. The fraction of sp³-hybridized carbons (Fsp3) is 0.316. The molecule has 0 aliphatic heterocycles. The third kappa shape index (κ3) is 5.45. The average Bonchev–Trinajstić information content (AvgIpc) is 2.63. The second-order valence-electron chi connectivity index (χ2n) is 5.98. The first-order valence-corrected chi connectivity index (χ1v) is 10.5. The number of hydrogen-bond donors (Lipinski definition) is 2. The van der Waals surface area contributed by atoms with Gasteiger partial charge < -0.3 is 10.6 Å². The van der Waals surface area contributed by atoms with E-state index in [0.717, 1.165) is 11.3 Å². The number of nitrogens with one attached hydrogen (secondary N) is 2. The van der Waals surface area contributed by atoms with E-state index in [1.54, 1.807) is 38.1 Å². The van der Waals surface area contributed by atoms with Gasteiger partial charge in [-0.1, -0.05) is 37.6 Å². The molecular formula is C19H24ClN3O3S. The van der Waals surface area contributed by atoms with Crippen LogP contribution in [0.2, 0.25) is 5.02 Å². The van der Waals surface area contributed by atoms with Crippen molar-refractivity contribution >= 4 is 38.9 Å². The van der Waals surface area contributed by atoms with Crippen LogP contribution >= 0.6 is 11.6 Å². The molecule has 1 amide bonds. The second kappa shape index (κ2) is 9.21. The Balaban J connectivity index is 2.07. The first kappa shape index (κ1) is 21.2. The van der Waals surface area contributed by atoms with Crippen molar-refractivity contribution < 1.29 is 13.2 Å². The van der Waals surface area contributed by atoms with E-state index in [0.29, 0.717) is 23.8 Å². The largest absolute Gasteiger partial charge is 0.376 e. The van der Waals surface area contributed by atoms with Gasteiger partial charge in [-0.25, -0.2) is 8.42 Å². The van der Waals surface area contributed by atoms with E-state index in [1.807, 2.05) is 13.0 Å². The first-order chi connectivity index (χ1) is 12.8. The molecule has 2 N–H and O–H groups in total. The first-order valence-electron chi connectivity index (χ1n) is 8.68. The van der Waals surface area contributed by atoms with Gasteiger partial charge >= 0.3 is 0 Å². The third-order valence-corrected chi connectivity index (χ3v) is 6.38. The van der Waals surface area contributed by atoms with Crippen molar-refractivity contribution in [2.75, 3.05) is 30.3 Å². The van der Waals surface area contributed by atoms with Crippen LogP contribution in [0.4, 0.5) is 11.4 Å². The molecule has 2 rings (SSSR count). The molecule has 0 fully saturated rings. The van der Waals surface area contributed by atoms with Crippen LogP contribution in [0.25, 0.3) is 0 Å². The van der Waals surface area contributed by atoms with Crippen molar-refractivity contribution in [2.24, 2.45) is 0 Å². The lowest BCUT2D eigenvalue weighted by atomic mass is 10.2. The lowest BCUT2D eigenvalue weighted by molar-refractivity contribution is -0.114. The summed E-state index contributed by atoms with van der Waals surface area (Å²) in [6.45, 7) is 6.30. The Morgan fingerprint density at radius 3 is 2.48 bits per heavy atom. The third-order valence-electron chi connectivity index (χ3n) is 4.10. The number of benzene rings is 2. The quantitative estimate of drug-likeness (QED) is 0.696. The van der Waals surface area contributed by atoms with Gasteiger partial charge in [-0.3, -0.25) is 4.79 Å². The number of carbonyl (C=O) groups excluding carboxylic acids is 1. The molecule has 146 valence electrons. The van der Waals surface area contributed by atoms with Crippen molar-refractivity contribution in [3.05, 3.63) is 53.1 Å². The fourth-order valence-electron chi connectivity index (χ4n) is 2.61. The molecule has 8 heteroatoms. The summed E-state index contributed by atoms with van der Waals surface area (Å²) in [5.41, 5.74) is 2.17. The number of halogens is 1. The lowest BCUT2D eigenvalue weighted by Gasteiger charge is -2.19. The number of amides is 1. The zero-order valence-electron chi connectivity index (χ0n) is 15.6. The van der Waals surface area contributed by atoms with E-state index in [4.69, 9.17) is 11.6 Å². The van der Waals surface area contributed by atoms with Crippen LogP contribution in [-0.4, -0.2) is 38.3 Å². The Hall–Kier alpha value is -2.09. The number of anilines is 2. The Kier molecular flexibility index (Phi) is 7.24. The molecule has 0 atom stereocenters. The van der Waals surface area contributed by atoms with Crippen LogP contribution < -0.4 is 10.6 Å². The Bertz CT molecular complexity index is 912. The highest BCUT2D eigenvalue weighted by atomic mass is 35.5. The molecule has 27 heavy (non-hydrogen) atoms. The van der Waals surface area contributed by atoms with Gasteiger partial charge in [0.1, 0.15) is 0 Å². The Morgan fingerprint density at radius 2 is 1.81 bits per heavy atom. The van der Waals surface area contributed by atoms with Gasteiger partial charge in [-0.15, -0.1) is 0 Å².